The molecule has 0 saturated carbocycles. The monoisotopic (exact) mass is 282 g/mol. The summed E-state index contributed by atoms with van der Waals surface area (Å²) in [6.07, 6.45) is 2.94. The molecule has 1 fully saturated rings. The molecule has 1 heterocycles. The number of nitrogens with one attached hydrogen (secondary N) is 1. The highest BCUT2D eigenvalue weighted by Gasteiger charge is 2.46. The number of carbonyl (C=O) groups excluding carboxylic acids is 2. The fourth-order valence-corrected chi connectivity index (χ4v) is 2.76. The van der Waals surface area contributed by atoms with Crippen molar-refractivity contribution in [1.29, 1.82) is 0 Å². The molecular formula is C16H30N2O2. The number of piperazine rings is 1. The predicted molar refractivity (Wildman–Crippen MR) is 81.2 cm³/mol. The Morgan fingerprint density at radius 2 is 1.85 bits per heavy atom. The highest BCUT2D eigenvalue weighted by atomic mass is 16.2. The average Bonchev–Trinajstić information content (AvgIpc) is 2.33. The maximum Gasteiger partial charge on any atom is 0.248 e. The van der Waals surface area contributed by atoms with Gasteiger partial charge in [-0.05, 0) is 38.5 Å². The molecule has 1 rings (SSSR count). The van der Waals surface area contributed by atoms with Crippen molar-refractivity contribution in [1.82, 2.24) is 10.2 Å². The number of rotatable bonds is 6. The zero-order chi connectivity index (χ0) is 15.5. The van der Waals surface area contributed by atoms with E-state index in [1.807, 2.05) is 11.8 Å². The number of hydrogen-bond acceptors (Lipinski definition) is 2. The van der Waals surface area contributed by atoms with E-state index >= 15 is 0 Å². The van der Waals surface area contributed by atoms with Gasteiger partial charge in [0.2, 0.25) is 11.8 Å². The zero-order valence-electron chi connectivity index (χ0n) is 13.8. The Labute approximate surface area is 123 Å². The van der Waals surface area contributed by atoms with Gasteiger partial charge in [0.15, 0.2) is 0 Å². The van der Waals surface area contributed by atoms with E-state index in [-0.39, 0.29) is 23.8 Å². The molecule has 0 aromatic carbocycles. The lowest BCUT2D eigenvalue weighted by Gasteiger charge is -2.45. The first-order valence-corrected chi connectivity index (χ1v) is 7.83. The van der Waals surface area contributed by atoms with E-state index in [9.17, 15) is 9.59 Å². The Kier molecular flexibility index (Phi) is 5.60. The van der Waals surface area contributed by atoms with Gasteiger partial charge in [0.05, 0.1) is 0 Å². The molecule has 4 nitrogen and oxygen atoms in total. The number of hydrogen-bond donors (Lipinski definition) is 1. The van der Waals surface area contributed by atoms with Crippen LogP contribution < -0.4 is 5.32 Å². The van der Waals surface area contributed by atoms with Crippen molar-refractivity contribution in [2.24, 2.45) is 11.8 Å². The average molecular weight is 282 g/mol. The van der Waals surface area contributed by atoms with Gasteiger partial charge in [-0.25, -0.2) is 0 Å². The van der Waals surface area contributed by atoms with Crippen molar-refractivity contribution < 1.29 is 9.59 Å². The normalized spacial score (nSPS) is 23.9. The summed E-state index contributed by atoms with van der Waals surface area (Å²) in [6.45, 7) is 12.7. The number of carbonyl (C=O) groups is 2. The Morgan fingerprint density at radius 3 is 2.35 bits per heavy atom. The van der Waals surface area contributed by atoms with E-state index in [0.29, 0.717) is 12.5 Å². The van der Waals surface area contributed by atoms with Crippen LogP contribution in [0.5, 0.6) is 0 Å². The minimum absolute atomic E-state index is 0.00602. The largest absolute Gasteiger partial charge is 0.340 e. The summed E-state index contributed by atoms with van der Waals surface area (Å²) >= 11 is 0. The van der Waals surface area contributed by atoms with E-state index in [0.717, 1.165) is 19.3 Å². The Balaban J connectivity index is 2.89. The van der Waals surface area contributed by atoms with Crippen LogP contribution in [0, 0.1) is 11.8 Å². The molecular weight excluding hydrogens is 252 g/mol. The van der Waals surface area contributed by atoms with Gasteiger partial charge in [-0.3, -0.25) is 9.59 Å². The highest BCUT2D eigenvalue weighted by molar-refractivity contribution is 5.99. The summed E-state index contributed by atoms with van der Waals surface area (Å²) < 4.78 is 0. The van der Waals surface area contributed by atoms with Crippen LogP contribution in [0.3, 0.4) is 0 Å². The van der Waals surface area contributed by atoms with Crippen LogP contribution in [0.2, 0.25) is 0 Å². The number of nitrogens with zero attached hydrogens (tertiary/aromatic N) is 1. The lowest BCUT2D eigenvalue weighted by molar-refractivity contribution is -0.155. The molecule has 0 bridgehead atoms. The first-order chi connectivity index (χ1) is 9.20. The predicted octanol–water partition coefficient (Wildman–Crippen LogP) is 2.57. The fourth-order valence-electron chi connectivity index (χ4n) is 2.76. The molecule has 20 heavy (non-hydrogen) atoms. The third-order valence-corrected chi connectivity index (χ3v) is 4.20. The van der Waals surface area contributed by atoms with E-state index in [1.54, 1.807) is 13.8 Å². The van der Waals surface area contributed by atoms with Crippen molar-refractivity contribution in [3.05, 3.63) is 0 Å². The van der Waals surface area contributed by atoms with Crippen LogP contribution in [-0.2, 0) is 9.59 Å². The summed E-state index contributed by atoms with van der Waals surface area (Å²) in [7, 11) is 0. The lowest BCUT2D eigenvalue weighted by atomic mass is 9.89. The second kappa shape index (κ2) is 6.59. The van der Waals surface area contributed by atoms with Crippen LogP contribution in [-0.4, -0.2) is 34.8 Å². The van der Waals surface area contributed by atoms with Crippen molar-refractivity contribution in [3.63, 3.8) is 0 Å². The van der Waals surface area contributed by atoms with Crippen molar-refractivity contribution in [2.75, 3.05) is 6.54 Å². The van der Waals surface area contributed by atoms with E-state index in [2.05, 4.69) is 26.1 Å². The summed E-state index contributed by atoms with van der Waals surface area (Å²) in [5.74, 6) is 0.854. The van der Waals surface area contributed by atoms with Crippen molar-refractivity contribution in [2.45, 2.75) is 72.4 Å². The van der Waals surface area contributed by atoms with Gasteiger partial charge in [-0.2, -0.15) is 0 Å². The number of amides is 2. The van der Waals surface area contributed by atoms with Gasteiger partial charge < -0.3 is 10.2 Å². The first-order valence-electron chi connectivity index (χ1n) is 7.83. The Hall–Kier alpha value is -1.06. The molecule has 2 unspecified atom stereocenters. The van der Waals surface area contributed by atoms with Crippen LogP contribution in [0.25, 0.3) is 0 Å². The molecule has 1 aliphatic heterocycles. The van der Waals surface area contributed by atoms with Crippen LogP contribution in [0.15, 0.2) is 0 Å². The topological polar surface area (TPSA) is 49.4 Å². The summed E-state index contributed by atoms with van der Waals surface area (Å²) in [6, 6.07) is -0.312. The molecule has 0 spiro atoms. The second-order valence-electron chi connectivity index (χ2n) is 6.98. The Bertz CT molecular complexity index is 363. The van der Waals surface area contributed by atoms with E-state index in [1.165, 1.54) is 0 Å². The molecule has 1 saturated heterocycles. The molecule has 4 heteroatoms. The second-order valence-corrected chi connectivity index (χ2v) is 6.98. The van der Waals surface area contributed by atoms with Crippen molar-refractivity contribution >= 4 is 11.8 Å². The van der Waals surface area contributed by atoms with E-state index in [4.69, 9.17) is 0 Å². The minimum Gasteiger partial charge on any atom is -0.340 e. The van der Waals surface area contributed by atoms with Gasteiger partial charge in [0.25, 0.3) is 0 Å². The minimum atomic E-state index is -0.779. The van der Waals surface area contributed by atoms with Gasteiger partial charge in [0.1, 0.15) is 11.6 Å². The standard InChI is InChI=1S/C16H30N2O2/c1-7-12(4)13-14(19)17-16(5,6)15(20)18(13)10-8-9-11(2)3/h11-13H,7-10H2,1-6H3,(H,17,19). The van der Waals surface area contributed by atoms with Crippen LogP contribution in [0.4, 0.5) is 0 Å². The molecule has 0 aromatic rings. The molecule has 0 aliphatic carbocycles. The van der Waals surface area contributed by atoms with Crippen LogP contribution >= 0.6 is 0 Å². The summed E-state index contributed by atoms with van der Waals surface area (Å²) in [4.78, 5) is 26.8. The highest BCUT2D eigenvalue weighted by Crippen LogP contribution is 2.25. The first kappa shape index (κ1) is 17.0. The maximum absolute atomic E-state index is 12.6. The van der Waals surface area contributed by atoms with E-state index < -0.39 is 5.54 Å². The van der Waals surface area contributed by atoms with Crippen LogP contribution in [0.1, 0.15) is 60.8 Å². The molecule has 1 aliphatic rings. The molecule has 0 aromatic heterocycles. The lowest BCUT2D eigenvalue weighted by Crippen LogP contribution is -2.69. The molecule has 2 atom stereocenters. The fraction of sp³-hybridized carbons (Fsp3) is 0.875. The van der Waals surface area contributed by atoms with Gasteiger partial charge in [-0.1, -0.05) is 34.1 Å². The van der Waals surface area contributed by atoms with Gasteiger partial charge in [-0.15, -0.1) is 0 Å². The third kappa shape index (κ3) is 3.74. The molecule has 116 valence electrons. The van der Waals surface area contributed by atoms with Gasteiger partial charge in [0, 0.05) is 6.54 Å². The molecule has 1 N–H and O–H groups in total. The third-order valence-electron chi connectivity index (χ3n) is 4.20. The summed E-state index contributed by atoms with van der Waals surface area (Å²) in [5, 5.41) is 2.87. The van der Waals surface area contributed by atoms with Crippen molar-refractivity contribution in [3.8, 4) is 0 Å². The molecule has 2 amide bonds. The smallest absolute Gasteiger partial charge is 0.248 e. The maximum atomic E-state index is 12.6. The summed E-state index contributed by atoms with van der Waals surface area (Å²) in [5.41, 5.74) is -0.779. The molecule has 0 radical (unpaired) electrons. The SMILES string of the molecule is CCC(C)C1C(=O)NC(C)(C)C(=O)N1CCCC(C)C. The quantitative estimate of drug-likeness (QED) is 0.814. The zero-order valence-corrected chi connectivity index (χ0v) is 13.8. The Morgan fingerprint density at radius 1 is 1.25 bits per heavy atom. The van der Waals surface area contributed by atoms with Gasteiger partial charge >= 0.3 is 0 Å².